The van der Waals surface area contributed by atoms with Gasteiger partial charge in [0, 0.05) is 19.2 Å². The first kappa shape index (κ1) is 23.5. The Labute approximate surface area is 202 Å². The van der Waals surface area contributed by atoms with E-state index in [0.29, 0.717) is 26.5 Å². The molecule has 0 atom stereocenters. The Morgan fingerprint density at radius 1 is 1.03 bits per heavy atom. The van der Waals surface area contributed by atoms with E-state index in [1.165, 1.54) is 21.9 Å². The average molecular weight is 477 g/mol. The summed E-state index contributed by atoms with van der Waals surface area (Å²) in [4.78, 5) is 29.2. The number of fused-ring (bicyclic) bond motifs is 1. The summed E-state index contributed by atoms with van der Waals surface area (Å²) in [6, 6.07) is 18.8. The average Bonchev–Trinajstić information content (AvgIpc) is 3.45. The number of thiophene rings is 1. The smallest absolute Gasteiger partial charge is 0.282 e. The molecule has 0 bridgehead atoms. The van der Waals surface area contributed by atoms with Gasteiger partial charge in [-0.2, -0.15) is 5.10 Å². The first-order valence-electron chi connectivity index (χ1n) is 11.2. The van der Waals surface area contributed by atoms with Crippen LogP contribution in [-0.2, 0) is 6.54 Å². The maximum absolute atomic E-state index is 12.9. The van der Waals surface area contributed by atoms with Gasteiger partial charge in [-0.15, -0.1) is 11.3 Å². The Morgan fingerprint density at radius 2 is 1.74 bits per heavy atom. The number of hydrogen-bond donors (Lipinski definition) is 3. The lowest BCUT2D eigenvalue weighted by molar-refractivity contribution is 0.0830. The molecule has 0 saturated heterocycles. The molecule has 0 saturated carbocycles. The summed E-state index contributed by atoms with van der Waals surface area (Å²) in [6.07, 6.45) is 0. The van der Waals surface area contributed by atoms with Gasteiger partial charge in [-0.25, -0.2) is 0 Å². The second kappa shape index (κ2) is 10.5. The van der Waals surface area contributed by atoms with Crippen LogP contribution in [-0.4, -0.2) is 52.1 Å². The van der Waals surface area contributed by atoms with Gasteiger partial charge in [-0.05, 0) is 49.0 Å². The number of aromatic amines is 1. The molecule has 0 radical (unpaired) electrons. The zero-order chi connectivity index (χ0) is 24.1. The van der Waals surface area contributed by atoms with E-state index >= 15 is 0 Å². The van der Waals surface area contributed by atoms with Crippen molar-refractivity contribution in [2.45, 2.75) is 20.4 Å². The minimum absolute atomic E-state index is 0.187. The molecule has 0 aliphatic rings. The van der Waals surface area contributed by atoms with Crippen molar-refractivity contribution in [1.29, 1.82) is 0 Å². The molecule has 8 nitrogen and oxygen atoms in total. The molecule has 2 aromatic carbocycles. The van der Waals surface area contributed by atoms with Crippen LogP contribution in [0.4, 0.5) is 11.5 Å². The lowest BCUT2D eigenvalue weighted by atomic mass is 10.1. The van der Waals surface area contributed by atoms with E-state index < -0.39 is 0 Å². The van der Waals surface area contributed by atoms with E-state index in [2.05, 4.69) is 39.7 Å². The Kier molecular flexibility index (Phi) is 7.24. The number of para-hydroxylation sites is 1. The number of carbonyl (C=O) groups is 2. The molecular weight excluding hydrogens is 448 g/mol. The van der Waals surface area contributed by atoms with E-state index in [4.69, 9.17) is 0 Å². The molecule has 2 heterocycles. The van der Waals surface area contributed by atoms with Crippen molar-refractivity contribution in [3.63, 3.8) is 0 Å². The topological polar surface area (TPSA) is 93.4 Å². The second-order valence-corrected chi connectivity index (χ2v) is 8.91. The predicted octanol–water partition coefficient (Wildman–Crippen LogP) is 4.82. The molecule has 9 heteroatoms. The van der Waals surface area contributed by atoms with Crippen molar-refractivity contribution in [3.05, 3.63) is 76.7 Å². The highest BCUT2D eigenvalue weighted by molar-refractivity contribution is 7.20. The number of benzene rings is 2. The van der Waals surface area contributed by atoms with E-state index in [-0.39, 0.29) is 11.8 Å². The van der Waals surface area contributed by atoms with E-state index in [0.717, 1.165) is 25.3 Å². The first-order chi connectivity index (χ1) is 16.5. The SMILES string of the molecule is CCN(CC)Cc1ccc(C(=O)Nc2[nH]nc3sc(C(=O)N(C)Nc4ccccc4)cc23)cc1. The van der Waals surface area contributed by atoms with Crippen molar-refractivity contribution in [3.8, 4) is 0 Å². The molecule has 2 amide bonds. The van der Waals surface area contributed by atoms with Crippen LogP contribution in [0.15, 0.2) is 60.7 Å². The van der Waals surface area contributed by atoms with Crippen LogP contribution >= 0.6 is 11.3 Å². The molecule has 0 aliphatic carbocycles. The number of aromatic nitrogens is 2. The molecule has 2 aromatic heterocycles. The minimum atomic E-state index is -0.234. The van der Waals surface area contributed by atoms with Crippen molar-refractivity contribution in [2.24, 2.45) is 0 Å². The number of amides is 2. The summed E-state index contributed by atoms with van der Waals surface area (Å²) < 4.78 is 0. The molecule has 4 rings (SSSR count). The summed E-state index contributed by atoms with van der Waals surface area (Å²) in [7, 11) is 1.67. The molecule has 0 unspecified atom stereocenters. The molecule has 176 valence electrons. The maximum atomic E-state index is 12.9. The van der Waals surface area contributed by atoms with Crippen molar-refractivity contribution < 1.29 is 9.59 Å². The zero-order valence-corrected chi connectivity index (χ0v) is 20.3. The number of anilines is 2. The quantitative estimate of drug-likeness (QED) is 0.301. The number of hydrazine groups is 1. The van der Waals surface area contributed by atoms with Crippen molar-refractivity contribution >= 4 is 44.9 Å². The molecule has 34 heavy (non-hydrogen) atoms. The Bertz CT molecular complexity index is 1260. The van der Waals surface area contributed by atoms with Gasteiger partial charge in [-0.3, -0.25) is 30.0 Å². The maximum Gasteiger partial charge on any atom is 0.282 e. The van der Waals surface area contributed by atoms with Crippen LogP contribution in [0.25, 0.3) is 10.2 Å². The van der Waals surface area contributed by atoms with Gasteiger partial charge in [-0.1, -0.05) is 44.2 Å². The van der Waals surface area contributed by atoms with Crippen LogP contribution in [0.1, 0.15) is 39.4 Å². The van der Waals surface area contributed by atoms with E-state index in [1.54, 1.807) is 13.1 Å². The first-order valence-corrected chi connectivity index (χ1v) is 12.0. The third-order valence-corrected chi connectivity index (χ3v) is 6.61. The van der Waals surface area contributed by atoms with Gasteiger partial charge in [0.05, 0.1) is 16.0 Å². The van der Waals surface area contributed by atoms with Gasteiger partial charge in [0.15, 0.2) is 0 Å². The standard InChI is InChI=1S/C25H28N6O2S/c1-4-31(5-2)16-17-11-13-18(14-12-17)23(32)26-22-20-15-21(34-24(20)28-27-22)25(33)30(3)29-19-9-7-6-8-10-19/h6-15,29H,4-5,16H2,1-3H3,(H2,26,27,28,32). The molecule has 4 aromatic rings. The normalized spacial score (nSPS) is 11.1. The fourth-order valence-corrected chi connectivity index (χ4v) is 4.56. The number of rotatable bonds is 9. The van der Waals surface area contributed by atoms with Crippen molar-refractivity contribution in [2.75, 3.05) is 30.9 Å². The summed E-state index contributed by atoms with van der Waals surface area (Å²) in [6.45, 7) is 7.10. The van der Waals surface area contributed by atoms with Gasteiger partial charge in [0.1, 0.15) is 10.6 Å². The monoisotopic (exact) mass is 476 g/mol. The van der Waals surface area contributed by atoms with Crippen LogP contribution in [0.3, 0.4) is 0 Å². The number of nitrogens with zero attached hydrogens (tertiary/aromatic N) is 3. The molecule has 3 N–H and O–H groups in total. The van der Waals surface area contributed by atoms with Crippen molar-refractivity contribution in [1.82, 2.24) is 20.1 Å². The highest BCUT2D eigenvalue weighted by atomic mass is 32.1. The molecule has 0 fully saturated rings. The van der Waals surface area contributed by atoms with Crippen LogP contribution in [0.2, 0.25) is 0 Å². The minimum Gasteiger partial charge on any atom is -0.306 e. The number of H-pyrrole nitrogens is 1. The summed E-state index contributed by atoms with van der Waals surface area (Å²) in [5.41, 5.74) is 5.60. The largest absolute Gasteiger partial charge is 0.306 e. The highest BCUT2D eigenvalue weighted by Gasteiger charge is 2.19. The fraction of sp³-hybridized carbons (Fsp3) is 0.240. The molecule has 0 spiro atoms. The van der Waals surface area contributed by atoms with Gasteiger partial charge < -0.3 is 5.32 Å². The lowest BCUT2D eigenvalue weighted by Gasteiger charge is -2.18. The van der Waals surface area contributed by atoms with Gasteiger partial charge in [0.2, 0.25) is 0 Å². The third kappa shape index (κ3) is 5.27. The predicted molar refractivity (Wildman–Crippen MR) is 137 cm³/mol. The zero-order valence-electron chi connectivity index (χ0n) is 19.5. The number of hydrogen-bond acceptors (Lipinski definition) is 6. The van der Waals surface area contributed by atoms with Gasteiger partial charge >= 0.3 is 0 Å². The molecule has 0 aliphatic heterocycles. The fourth-order valence-electron chi connectivity index (χ4n) is 3.59. The number of nitrogens with one attached hydrogen (secondary N) is 3. The highest BCUT2D eigenvalue weighted by Crippen LogP contribution is 2.30. The lowest BCUT2D eigenvalue weighted by Crippen LogP contribution is -2.31. The Balaban J connectivity index is 1.44. The van der Waals surface area contributed by atoms with E-state index in [9.17, 15) is 9.59 Å². The summed E-state index contributed by atoms with van der Waals surface area (Å²) in [5, 5.41) is 12.1. The summed E-state index contributed by atoms with van der Waals surface area (Å²) >= 11 is 1.27. The Morgan fingerprint density at radius 3 is 2.41 bits per heavy atom. The summed E-state index contributed by atoms with van der Waals surface area (Å²) in [5.74, 6) is 0.0518. The Hall–Kier alpha value is -3.69. The van der Waals surface area contributed by atoms with E-state index in [1.807, 2.05) is 54.6 Å². The van der Waals surface area contributed by atoms with Gasteiger partial charge in [0.25, 0.3) is 11.8 Å². The van der Waals surface area contributed by atoms with Crippen LogP contribution in [0.5, 0.6) is 0 Å². The second-order valence-electron chi connectivity index (χ2n) is 7.88. The molecular formula is C25H28N6O2S. The van der Waals surface area contributed by atoms with Crippen LogP contribution in [0, 0.1) is 0 Å². The number of carbonyl (C=O) groups excluding carboxylic acids is 2. The third-order valence-electron chi connectivity index (χ3n) is 5.59. The van der Waals surface area contributed by atoms with Crippen LogP contribution < -0.4 is 10.7 Å².